The Morgan fingerprint density at radius 3 is 2.50 bits per heavy atom. The van der Waals surface area contributed by atoms with Crippen LogP contribution in [0.4, 0.5) is 5.69 Å². The summed E-state index contributed by atoms with van der Waals surface area (Å²) in [6.45, 7) is 5.99. The average Bonchev–Trinajstić information content (AvgIpc) is 3.09. The van der Waals surface area contributed by atoms with Crippen molar-refractivity contribution < 1.29 is 9.59 Å². The molecule has 0 atom stereocenters. The van der Waals surface area contributed by atoms with Gasteiger partial charge in [0.1, 0.15) is 0 Å². The van der Waals surface area contributed by atoms with Crippen molar-refractivity contribution in [3.8, 4) is 0 Å². The Balaban J connectivity index is 1.80. The Kier molecular flexibility index (Phi) is 6.61. The van der Waals surface area contributed by atoms with E-state index in [1.54, 1.807) is 18.4 Å². The van der Waals surface area contributed by atoms with Gasteiger partial charge in [-0.25, -0.2) is 0 Å². The molecule has 0 saturated carbocycles. The minimum absolute atomic E-state index is 0.101. The van der Waals surface area contributed by atoms with Gasteiger partial charge in [0.15, 0.2) is 6.29 Å². The highest BCUT2D eigenvalue weighted by Gasteiger charge is 2.13. The molecule has 1 saturated heterocycles. The number of benzene rings is 1. The molecule has 0 aliphatic carbocycles. The predicted molar refractivity (Wildman–Crippen MR) is 96.6 cm³/mol. The summed E-state index contributed by atoms with van der Waals surface area (Å²) in [6, 6.07) is 5.92. The fourth-order valence-corrected chi connectivity index (χ4v) is 2.76. The van der Waals surface area contributed by atoms with Crippen molar-refractivity contribution >= 4 is 17.9 Å². The molecule has 2 N–H and O–H groups in total. The SMILES string of the molecule is Cc1cccc(C)c1NC(=O)CN/C=C\C=C(/C=O)N1CCCC1. The number of aldehydes is 1. The van der Waals surface area contributed by atoms with Crippen LogP contribution in [0.15, 0.2) is 42.2 Å². The third-order valence-corrected chi connectivity index (χ3v) is 4.08. The first-order valence-electron chi connectivity index (χ1n) is 8.28. The van der Waals surface area contributed by atoms with E-state index in [4.69, 9.17) is 0 Å². The van der Waals surface area contributed by atoms with Gasteiger partial charge in [-0.15, -0.1) is 0 Å². The second-order valence-electron chi connectivity index (χ2n) is 5.96. The molecule has 0 spiro atoms. The summed E-state index contributed by atoms with van der Waals surface area (Å²) in [4.78, 5) is 25.2. The molecule has 1 aromatic carbocycles. The zero-order valence-electron chi connectivity index (χ0n) is 14.3. The molecule has 1 heterocycles. The Labute approximate surface area is 143 Å². The van der Waals surface area contributed by atoms with Gasteiger partial charge in [0.2, 0.25) is 5.91 Å². The highest BCUT2D eigenvalue weighted by molar-refractivity contribution is 5.93. The molecule has 1 fully saturated rings. The first-order valence-corrected chi connectivity index (χ1v) is 8.28. The van der Waals surface area contributed by atoms with Gasteiger partial charge in [0.05, 0.1) is 12.2 Å². The fourth-order valence-electron chi connectivity index (χ4n) is 2.76. The van der Waals surface area contributed by atoms with Gasteiger partial charge in [0.25, 0.3) is 0 Å². The Morgan fingerprint density at radius 1 is 1.21 bits per heavy atom. The summed E-state index contributed by atoms with van der Waals surface area (Å²) in [5, 5.41) is 5.86. The number of nitrogens with one attached hydrogen (secondary N) is 2. The highest BCUT2D eigenvalue weighted by Crippen LogP contribution is 2.19. The minimum Gasteiger partial charge on any atom is -0.382 e. The molecular formula is C19H25N3O2. The first-order chi connectivity index (χ1) is 11.6. The van der Waals surface area contributed by atoms with Crippen LogP contribution in [0.2, 0.25) is 0 Å². The number of para-hydroxylation sites is 1. The van der Waals surface area contributed by atoms with Crippen LogP contribution in [0.25, 0.3) is 0 Å². The Bertz CT molecular complexity index is 624. The van der Waals surface area contributed by atoms with Crippen molar-refractivity contribution in [2.75, 3.05) is 25.0 Å². The molecule has 1 aromatic rings. The van der Waals surface area contributed by atoms with E-state index in [2.05, 4.69) is 15.5 Å². The van der Waals surface area contributed by atoms with Crippen molar-refractivity contribution in [3.63, 3.8) is 0 Å². The number of amides is 1. The van der Waals surface area contributed by atoms with Crippen LogP contribution in [0.5, 0.6) is 0 Å². The van der Waals surface area contributed by atoms with Gasteiger partial charge in [-0.05, 0) is 56.2 Å². The van der Waals surface area contributed by atoms with Gasteiger partial charge < -0.3 is 15.5 Å². The molecule has 0 radical (unpaired) electrons. The Hall–Kier alpha value is -2.56. The lowest BCUT2D eigenvalue weighted by Gasteiger charge is -2.15. The predicted octanol–water partition coefficient (Wildman–Crippen LogP) is 2.52. The summed E-state index contributed by atoms with van der Waals surface area (Å²) < 4.78 is 0. The van der Waals surface area contributed by atoms with Crippen LogP contribution < -0.4 is 10.6 Å². The van der Waals surface area contributed by atoms with E-state index in [1.165, 1.54) is 0 Å². The van der Waals surface area contributed by atoms with Gasteiger partial charge in [-0.1, -0.05) is 18.2 Å². The van der Waals surface area contributed by atoms with Crippen LogP contribution in [0.3, 0.4) is 0 Å². The zero-order chi connectivity index (χ0) is 17.4. The lowest BCUT2D eigenvalue weighted by Crippen LogP contribution is -2.25. The maximum atomic E-state index is 12.0. The number of rotatable bonds is 7. The van der Waals surface area contributed by atoms with Crippen LogP contribution in [-0.4, -0.2) is 36.7 Å². The molecule has 24 heavy (non-hydrogen) atoms. The van der Waals surface area contributed by atoms with Crippen molar-refractivity contribution in [2.24, 2.45) is 0 Å². The standard InChI is InChI=1S/C19H25N3O2/c1-15-7-5-8-16(2)19(15)21-18(24)13-20-10-6-9-17(14-23)22-11-3-4-12-22/h5-10,14,20H,3-4,11-13H2,1-2H3,(H,21,24)/b10-6-,17-9+. The second-order valence-corrected chi connectivity index (χ2v) is 5.96. The smallest absolute Gasteiger partial charge is 0.243 e. The summed E-state index contributed by atoms with van der Waals surface area (Å²) >= 11 is 0. The normalized spacial score (nSPS) is 14.9. The van der Waals surface area contributed by atoms with E-state index in [0.29, 0.717) is 5.70 Å². The van der Waals surface area contributed by atoms with Crippen molar-refractivity contribution in [2.45, 2.75) is 26.7 Å². The maximum Gasteiger partial charge on any atom is 0.243 e. The number of nitrogens with zero attached hydrogens (tertiary/aromatic N) is 1. The van der Waals surface area contributed by atoms with Crippen molar-refractivity contribution in [1.29, 1.82) is 0 Å². The van der Waals surface area contributed by atoms with E-state index in [9.17, 15) is 9.59 Å². The quantitative estimate of drug-likeness (QED) is 0.459. The number of allylic oxidation sites excluding steroid dienone is 3. The lowest BCUT2D eigenvalue weighted by atomic mass is 10.1. The van der Waals surface area contributed by atoms with E-state index in [1.807, 2.05) is 32.0 Å². The number of carbonyl (C=O) groups excluding carboxylic acids is 2. The summed E-state index contributed by atoms with van der Waals surface area (Å²) in [5.41, 5.74) is 3.64. The van der Waals surface area contributed by atoms with E-state index in [0.717, 1.165) is 49.0 Å². The number of likely N-dealkylation sites (tertiary alicyclic amines) is 1. The maximum absolute atomic E-state index is 12.0. The van der Waals surface area contributed by atoms with E-state index >= 15 is 0 Å². The average molecular weight is 327 g/mol. The van der Waals surface area contributed by atoms with Crippen LogP contribution in [0, 0.1) is 13.8 Å². The highest BCUT2D eigenvalue weighted by atomic mass is 16.1. The Morgan fingerprint density at radius 2 is 1.88 bits per heavy atom. The van der Waals surface area contributed by atoms with Gasteiger partial charge >= 0.3 is 0 Å². The molecule has 5 heteroatoms. The van der Waals surface area contributed by atoms with Gasteiger partial charge in [-0.2, -0.15) is 0 Å². The van der Waals surface area contributed by atoms with Crippen LogP contribution in [0.1, 0.15) is 24.0 Å². The molecule has 1 amide bonds. The summed E-state index contributed by atoms with van der Waals surface area (Å²) in [5.74, 6) is -0.101. The number of aryl methyl sites for hydroxylation is 2. The van der Waals surface area contributed by atoms with E-state index in [-0.39, 0.29) is 12.5 Å². The molecule has 128 valence electrons. The largest absolute Gasteiger partial charge is 0.382 e. The monoisotopic (exact) mass is 327 g/mol. The van der Waals surface area contributed by atoms with Gasteiger partial charge in [-0.3, -0.25) is 9.59 Å². The van der Waals surface area contributed by atoms with Crippen LogP contribution >= 0.6 is 0 Å². The zero-order valence-corrected chi connectivity index (χ0v) is 14.3. The summed E-state index contributed by atoms with van der Waals surface area (Å²) in [6.07, 6.45) is 8.35. The molecule has 2 rings (SSSR count). The summed E-state index contributed by atoms with van der Waals surface area (Å²) in [7, 11) is 0. The molecule has 1 aliphatic rings. The molecule has 0 aromatic heterocycles. The van der Waals surface area contributed by atoms with Crippen molar-refractivity contribution in [1.82, 2.24) is 10.2 Å². The van der Waals surface area contributed by atoms with Gasteiger partial charge in [0, 0.05) is 18.8 Å². The number of hydrogen-bond donors (Lipinski definition) is 2. The third kappa shape index (κ3) is 4.98. The lowest BCUT2D eigenvalue weighted by molar-refractivity contribution is -0.115. The molecule has 5 nitrogen and oxygen atoms in total. The topological polar surface area (TPSA) is 61.4 Å². The van der Waals surface area contributed by atoms with E-state index < -0.39 is 0 Å². The number of hydrogen-bond acceptors (Lipinski definition) is 4. The fraction of sp³-hybridized carbons (Fsp3) is 0.368. The molecule has 1 aliphatic heterocycles. The first kappa shape index (κ1) is 17.8. The molecule has 0 unspecified atom stereocenters. The number of anilines is 1. The third-order valence-electron chi connectivity index (χ3n) is 4.08. The number of carbonyl (C=O) groups is 2. The minimum atomic E-state index is -0.101. The molecule has 0 bridgehead atoms. The van der Waals surface area contributed by atoms with Crippen molar-refractivity contribution in [3.05, 3.63) is 53.4 Å². The molecular weight excluding hydrogens is 302 g/mol. The van der Waals surface area contributed by atoms with Crippen LogP contribution in [-0.2, 0) is 9.59 Å². The second kappa shape index (κ2) is 8.91.